The van der Waals surface area contributed by atoms with E-state index in [4.69, 9.17) is 0 Å². The normalized spacial score (nSPS) is 12.5. The third-order valence-corrected chi connectivity index (χ3v) is 2.30. The molecule has 1 aromatic rings. The third-order valence-electron chi connectivity index (χ3n) is 2.02. The lowest BCUT2D eigenvalue weighted by molar-refractivity contribution is 0.535. The highest BCUT2D eigenvalue weighted by atomic mass is 79.9. The molecule has 0 fully saturated rings. The maximum absolute atomic E-state index is 13.3. The molecule has 1 unspecified atom stereocenters. The first-order valence-corrected chi connectivity index (χ1v) is 5.31. The van der Waals surface area contributed by atoms with Crippen LogP contribution < -0.4 is 5.32 Å². The molecule has 0 saturated heterocycles. The molecule has 0 bridgehead atoms. The predicted molar refractivity (Wildman–Crippen MR) is 60.8 cm³/mol. The SMILES string of the molecule is C=C(Br)CNC(C)c1cc(F)ccc1F. The van der Waals surface area contributed by atoms with Gasteiger partial charge in [0.1, 0.15) is 11.6 Å². The van der Waals surface area contributed by atoms with Gasteiger partial charge in [-0.2, -0.15) is 0 Å². The van der Waals surface area contributed by atoms with Gasteiger partial charge in [0.2, 0.25) is 0 Å². The molecule has 0 aliphatic rings. The summed E-state index contributed by atoms with van der Waals surface area (Å²) in [6.45, 7) is 5.93. The summed E-state index contributed by atoms with van der Waals surface area (Å²) in [5, 5.41) is 3.01. The summed E-state index contributed by atoms with van der Waals surface area (Å²) in [6.07, 6.45) is 0. The molecule has 1 aromatic carbocycles. The highest BCUT2D eigenvalue weighted by molar-refractivity contribution is 9.11. The molecule has 82 valence electrons. The van der Waals surface area contributed by atoms with Gasteiger partial charge in [0, 0.05) is 22.6 Å². The van der Waals surface area contributed by atoms with Crippen molar-refractivity contribution in [3.05, 3.63) is 46.5 Å². The monoisotopic (exact) mass is 275 g/mol. The van der Waals surface area contributed by atoms with Crippen molar-refractivity contribution in [2.75, 3.05) is 6.54 Å². The van der Waals surface area contributed by atoms with Gasteiger partial charge >= 0.3 is 0 Å². The fraction of sp³-hybridized carbons (Fsp3) is 0.273. The number of hydrogen-bond donors (Lipinski definition) is 1. The second-order valence-corrected chi connectivity index (χ2v) is 4.41. The molecular formula is C11H12BrF2N. The molecule has 0 heterocycles. The topological polar surface area (TPSA) is 12.0 Å². The van der Waals surface area contributed by atoms with Crippen LogP contribution in [0.5, 0.6) is 0 Å². The molecular weight excluding hydrogens is 264 g/mol. The van der Waals surface area contributed by atoms with Crippen LogP contribution in [0.25, 0.3) is 0 Å². The average Bonchev–Trinajstić information content (AvgIpc) is 2.18. The number of hydrogen-bond acceptors (Lipinski definition) is 1. The smallest absolute Gasteiger partial charge is 0.128 e. The molecule has 0 saturated carbocycles. The van der Waals surface area contributed by atoms with Crippen LogP contribution in [-0.2, 0) is 0 Å². The van der Waals surface area contributed by atoms with E-state index in [-0.39, 0.29) is 6.04 Å². The molecule has 1 nitrogen and oxygen atoms in total. The van der Waals surface area contributed by atoms with Crippen LogP contribution >= 0.6 is 15.9 Å². The van der Waals surface area contributed by atoms with Crippen molar-refractivity contribution in [1.82, 2.24) is 5.32 Å². The Bertz CT molecular complexity index is 366. The van der Waals surface area contributed by atoms with Gasteiger partial charge < -0.3 is 5.32 Å². The van der Waals surface area contributed by atoms with Crippen LogP contribution in [-0.4, -0.2) is 6.54 Å². The van der Waals surface area contributed by atoms with E-state index >= 15 is 0 Å². The Hall–Kier alpha value is -0.740. The first-order valence-electron chi connectivity index (χ1n) is 4.52. The molecule has 1 rings (SSSR count). The molecule has 0 aliphatic carbocycles. The van der Waals surface area contributed by atoms with Crippen molar-refractivity contribution in [2.45, 2.75) is 13.0 Å². The molecule has 0 spiro atoms. The summed E-state index contributed by atoms with van der Waals surface area (Å²) in [5.74, 6) is -0.839. The van der Waals surface area contributed by atoms with Gasteiger partial charge in [-0.1, -0.05) is 22.5 Å². The van der Waals surface area contributed by atoms with Crippen LogP contribution in [0.1, 0.15) is 18.5 Å². The standard InChI is InChI=1S/C11H12BrF2N/c1-7(12)6-15-8(2)10-5-9(13)3-4-11(10)14/h3-5,8,15H,1,6H2,2H3. The van der Waals surface area contributed by atoms with Crippen molar-refractivity contribution in [2.24, 2.45) is 0 Å². The summed E-state index contributed by atoms with van der Waals surface area (Å²) in [7, 11) is 0. The minimum atomic E-state index is -0.433. The molecule has 0 amide bonds. The van der Waals surface area contributed by atoms with Crippen molar-refractivity contribution in [3.8, 4) is 0 Å². The zero-order valence-electron chi connectivity index (χ0n) is 8.36. The largest absolute Gasteiger partial charge is 0.306 e. The van der Waals surface area contributed by atoms with Gasteiger partial charge in [0.15, 0.2) is 0 Å². The first kappa shape index (κ1) is 12.3. The van der Waals surface area contributed by atoms with E-state index in [1.165, 1.54) is 6.07 Å². The Morgan fingerprint density at radius 3 is 2.80 bits per heavy atom. The van der Waals surface area contributed by atoms with E-state index in [0.717, 1.165) is 16.6 Å². The lowest BCUT2D eigenvalue weighted by Crippen LogP contribution is -2.20. The van der Waals surface area contributed by atoms with Crippen LogP contribution in [0.4, 0.5) is 8.78 Å². The van der Waals surface area contributed by atoms with Gasteiger partial charge in [0.05, 0.1) is 0 Å². The molecule has 0 aliphatic heterocycles. The summed E-state index contributed by atoms with van der Waals surface area (Å²) in [6, 6.07) is 3.18. The molecule has 4 heteroatoms. The predicted octanol–water partition coefficient (Wildman–Crippen LogP) is 3.52. The molecule has 1 N–H and O–H groups in total. The van der Waals surface area contributed by atoms with E-state index in [0.29, 0.717) is 12.1 Å². The Morgan fingerprint density at radius 1 is 1.53 bits per heavy atom. The number of halogens is 3. The van der Waals surface area contributed by atoms with Gasteiger partial charge in [0.25, 0.3) is 0 Å². The van der Waals surface area contributed by atoms with E-state index in [9.17, 15) is 8.78 Å². The maximum Gasteiger partial charge on any atom is 0.128 e. The zero-order valence-corrected chi connectivity index (χ0v) is 9.94. The first-order chi connectivity index (χ1) is 7.00. The summed E-state index contributed by atoms with van der Waals surface area (Å²) >= 11 is 3.18. The average molecular weight is 276 g/mol. The second-order valence-electron chi connectivity index (χ2n) is 3.29. The Kier molecular flexibility index (Phi) is 4.42. The maximum atomic E-state index is 13.3. The lowest BCUT2D eigenvalue weighted by atomic mass is 10.1. The minimum absolute atomic E-state index is 0.255. The van der Waals surface area contributed by atoms with Crippen molar-refractivity contribution >= 4 is 15.9 Å². The molecule has 1 atom stereocenters. The van der Waals surface area contributed by atoms with Crippen LogP contribution in [0, 0.1) is 11.6 Å². The third kappa shape index (κ3) is 3.72. The summed E-state index contributed by atoms with van der Waals surface area (Å²) in [5.41, 5.74) is 0.323. The van der Waals surface area contributed by atoms with E-state index in [1.54, 1.807) is 6.92 Å². The minimum Gasteiger partial charge on any atom is -0.306 e. The van der Waals surface area contributed by atoms with E-state index < -0.39 is 11.6 Å². The number of rotatable bonds is 4. The van der Waals surface area contributed by atoms with E-state index in [2.05, 4.69) is 27.8 Å². The van der Waals surface area contributed by atoms with Crippen molar-refractivity contribution in [3.63, 3.8) is 0 Å². The molecule has 0 aromatic heterocycles. The number of nitrogens with one attached hydrogen (secondary N) is 1. The van der Waals surface area contributed by atoms with Gasteiger partial charge in [-0.25, -0.2) is 8.78 Å². The van der Waals surface area contributed by atoms with Crippen LogP contribution in [0.15, 0.2) is 29.3 Å². The highest BCUT2D eigenvalue weighted by Crippen LogP contribution is 2.18. The second kappa shape index (κ2) is 5.37. The molecule has 15 heavy (non-hydrogen) atoms. The molecule has 0 radical (unpaired) electrons. The van der Waals surface area contributed by atoms with Crippen molar-refractivity contribution < 1.29 is 8.78 Å². The number of benzene rings is 1. The van der Waals surface area contributed by atoms with Crippen LogP contribution in [0.2, 0.25) is 0 Å². The summed E-state index contributed by atoms with van der Waals surface area (Å²) < 4.78 is 27.0. The summed E-state index contributed by atoms with van der Waals surface area (Å²) in [4.78, 5) is 0. The lowest BCUT2D eigenvalue weighted by Gasteiger charge is -2.14. The fourth-order valence-electron chi connectivity index (χ4n) is 1.22. The van der Waals surface area contributed by atoms with Crippen molar-refractivity contribution in [1.29, 1.82) is 0 Å². The fourth-order valence-corrected chi connectivity index (χ4v) is 1.38. The van der Waals surface area contributed by atoms with Gasteiger partial charge in [-0.05, 0) is 25.1 Å². The van der Waals surface area contributed by atoms with Gasteiger partial charge in [-0.3, -0.25) is 0 Å². The Labute approximate surface area is 96.3 Å². The van der Waals surface area contributed by atoms with E-state index in [1.807, 2.05) is 0 Å². The van der Waals surface area contributed by atoms with Crippen LogP contribution in [0.3, 0.4) is 0 Å². The Morgan fingerprint density at radius 2 is 2.20 bits per heavy atom. The zero-order chi connectivity index (χ0) is 11.4. The quantitative estimate of drug-likeness (QED) is 0.887. The Balaban J connectivity index is 2.76. The van der Waals surface area contributed by atoms with Gasteiger partial charge in [-0.15, -0.1) is 0 Å². The highest BCUT2D eigenvalue weighted by Gasteiger charge is 2.11.